The highest BCUT2D eigenvalue weighted by molar-refractivity contribution is 6.08. The molecule has 0 radical (unpaired) electrons. The van der Waals surface area contributed by atoms with Gasteiger partial charge in [0.15, 0.2) is 5.78 Å². The molecule has 0 unspecified atom stereocenters. The van der Waals surface area contributed by atoms with Gasteiger partial charge >= 0.3 is 11.8 Å². The van der Waals surface area contributed by atoms with E-state index in [9.17, 15) is 22.8 Å². The molecule has 2 aromatic rings. The molecule has 24 heavy (non-hydrogen) atoms. The summed E-state index contributed by atoms with van der Waals surface area (Å²) in [6, 6.07) is 5.67. The predicted octanol–water partition coefficient (Wildman–Crippen LogP) is 3.87. The molecule has 0 N–H and O–H groups in total. The van der Waals surface area contributed by atoms with E-state index in [1.165, 1.54) is 38.3 Å². The average Bonchev–Trinajstić information content (AvgIpc) is 2.51. The monoisotopic (exact) mass is 338 g/mol. The highest BCUT2D eigenvalue weighted by Gasteiger charge is 2.29. The number of rotatable bonds is 4. The number of allylic oxidation sites excluding steroid dienone is 1. The summed E-state index contributed by atoms with van der Waals surface area (Å²) in [4.78, 5) is 24.0. The molecule has 1 heterocycles. The maximum absolute atomic E-state index is 12.5. The van der Waals surface area contributed by atoms with E-state index >= 15 is 0 Å². The summed E-state index contributed by atoms with van der Waals surface area (Å²) < 4.78 is 47.3. The number of carbonyl (C=O) groups excluding carboxylic acids is 1. The fourth-order valence-electron chi connectivity index (χ4n) is 2.01. The van der Waals surface area contributed by atoms with E-state index in [4.69, 9.17) is 9.15 Å². The van der Waals surface area contributed by atoms with Crippen LogP contribution in [0.5, 0.6) is 5.75 Å². The zero-order valence-electron chi connectivity index (χ0n) is 12.8. The summed E-state index contributed by atoms with van der Waals surface area (Å²) >= 11 is 0. The summed E-state index contributed by atoms with van der Waals surface area (Å²) in [7, 11) is 1.31. The number of benzene rings is 1. The topological polar surface area (TPSA) is 56.5 Å². The number of alkyl halides is 3. The summed E-state index contributed by atoms with van der Waals surface area (Å²) in [6.45, 7) is 1.54. The minimum absolute atomic E-state index is 0.0748. The standard InChI is InChI=1S/C17H13F3O4/c1-10-9-14(23-2)15(16(22)24-10)13(21)8-5-11-3-6-12(7-4-11)17(18,19)20/h3-9H,1-2H3. The highest BCUT2D eigenvalue weighted by Crippen LogP contribution is 2.29. The van der Waals surface area contributed by atoms with Gasteiger partial charge in [-0.1, -0.05) is 18.2 Å². The van der Waals surface area contributed by atoms with Crippen LogP contribution in [0.1, 0.15) is 27.2 Å². The summed E-state index contributed by atoms with van der Waals surface area (Å²) in [5.74, 6) is -0.300. The number of ketones is 1. The normalized spacial score (nSPS) is 11.7. The molecule has 2 rings (SSSR count). The van der Waals surface area contributed by atoms with Crippen LogP contribution >= 0.6 is 0 Å². The van der Waals surface area contributed by atoms with Crippen molar-refractivity contribution in [3.8, 4) is 5.75 Å². The first kappa shape index (κ1) is 17.5. The third-order valence-electron chi connectivity index (χ3n) is 3.17. The average molecular weight is 338 g/mol. The maximum Gasteiger partial charge on any atom is 0.416 e. The van der Waals surface area contributed by atoms with Crippen molar-refractivity contribution in [2.75, 3.05) is 7.11 Å². The van der Waals surface area contributed by atoms with Gasteiger partial charge in [0.05, 0.1) is 12.7 Å². The van der Waals surface area contributed by atoms with E-state index in [1.807, 2.05) is 0 Å². The molecule has 0 bridgehead atoms. The van der Waals surface area contributed by atoms with Gasteiger partial charge < -0.3 is 9.15 Å². The molecule has 0 aliphatic carbocycles. The molecule has 4 nitrogen and oxygen atoms in total. The molecule has 0 amide bonds. The van der Waals surface area contributed by atoms with Gasteiger partial charge in [-0.2, -0.15) is 13.2 Å². The Kier molecular flexibility index (Phi) is 4.92. The van der Waals surface area contributed by atoms with E-state index in [1.54, 1.807) is 0 Å². The molecule has 0 aliphatic rings. The maximum atomic E-state index is 12.5. The molecule has 7 heteroatoms. The van der Waals surface area contributed by atoms with Crippen LogP contribution in [-0.4, -0.2) is 12.9 Å². The van der Waals surface area contributed by atoms with Crippen molar-refractivity contribution in [2.24, 2.45) is 0 Å². The van der Waals surface area contributed by atoms with Crippen molar-refractivity contribution in [1.82, 2.24) is 0 Å². The Morgan fingerprint density at radius 3 is 2.38 bits per heavy atom. The van der Waals surface area contributed by atoms with Crippen molar-refractivity contribution < 1.29 is 27.1 Å². The van der Waals surface area contributed by atoms with E-state index in [0.717, 1.165) is 18.2 Å². The summed E-state index contributed by atoms with van der Waals surface area (Å²) in [5, 5.41) is 0. The molecule has 0 fully saturated rings. The zero-order valence-corrected chi connectivity index (χ0v) is 12.8. The lowest BCUT2D eigenvalue weighted by Crippen LogP contribution is -2.14. The number of hydrogen-bond acceptors (Lipinski definition) is 4. The third-order valence-corrected chi connectivity index (χ3v) is 3.17. The highest BCUT2D eigenvalue weighted by atomic mass is 19.4. The molecule has 1 aromatic heterocycles. The second-order valence-corrected chi connectivity index (χ2v) is 4.91. The molecule has 0 aliphatic heterocycles. The molecule has 1 aromatic carbocycles. The summed E-state index contributed by atoms with van der Waals surface area (Å²) in [6.07, 6.45) is -2.04. The van der Waals surface area contributed by atoms with Gasteiger partial charge in [0.2, 0.25) is 0 Å². The SMILES string of the molecule is COc1cc(C)oc(=O)c1C(=O)C=Cc1ccc(C(F)(F)F)cc1. The van der Waals surface area contributed by atoms with Crippen molar-refractivity contribution in [3.63, 3.8) is 0 Å². The van der Waals surface area contributed by atoms with Gasteiger partial charge in [-0.3, -0.25) is 4.79 Å². The van der Waals surface area contributed by atoms with Gasteiger partial charge in [-0.25, -0.2) is 4.79 Å². The largest absolute Gasteiger partial charge is 0.496 e. The molecule has 0 saturated heterocycles. The lowest BCUT2D eigenvalue weighted by Gasteiger charge is -2.06. The van der Waals surface area contributed by atoms with Crippen molar-refractivity contribution in [1.29, 1.82) is 0 Å². The van der Waals surface area contributed by atoms with E-state index < -0.39 is 23.1 Å². The zero-order chi connectivity index (χ0) is 17.9. The van der Waals surface area contributed by atoms with Crippen LogP contribution in [0.3, 0.4) is 0 Å². The minimum atomic E-state index is -4.42. The van der Waals surface area contributed by atoms with Crippen molar-refractivity contribution >= 4 is 11.9 Å². The Bertz CT molecular complexity index is 830. The van der Waals surface area contributed by atoms with Crippen LogP contribution in [0.15, 0.2) is 45.6 Å². The van der Waals surface area contributed by atoms with Crippen molar-refractivity contribution in [3.05, 3.63) is 69.3 Å². The second-order valence-electron chi connectivity index (χ2n) is 4.91. The van der Waals surface area contributed by atoms with Gasteiger partial charge in [-0.05, 0) is 30.7 Å². The Morgan fingerprint density at radius 2 is 1.83 bits per heavy atom. The Hall–Kier alpha value is -2.83. The smallest absolute Gasteiger partial charge is 0.416 e. The van der Waals surface area contributed by atoms with Gasteiger partial charge in [0.25, 0.3) is 0 Å². The van der Waals surface area contributed by atoms with Crippen LogP contribution in [-0.2, 0) is 6.18 Å². The minimum Gasteiger partial charge on any atom is -0.496 e. The van der Waals surface area contributed by atoms with Gasteiger partial charge in [-0.15, -0.1) is 0 Å². The van der Waals surface area contributed by atoms with Crippen LogP contribution < -0.4 is 10.4 Å². The Morgan fingerprint density at radius 1 is 1.21 bits per heavy atom. The summed E-state index contributed by atoms with van der Waals surface area (Å²) in [5.41, 5.74) is -1.51. The lowest BCUT2D eigenvalue weighted by molar-refractivity contribution is -0.137. The number of aryl methyl sites for hydroxylation is 1. The molecule has 0 saturated carbocycles. The van der Waals surface area contributed by atoms with Gasteiger partial charge in [0.1, 0.15) is 17.1 Å². The Labute approximate surface area is 135 Å². The number of ether oxygens (including phenoxy) is 1. The molecule has 0 atom stereocenters. The molecular weight excluding hydrogens is 325 g/mol. The van der Waals surface area contributed by atoms with E-state index in [0.29, 0.717) is 11.3 Å². The molecular formula is C17H13F3O4. The lowest BCUT2D eigenvalue weighted by atomic mass is 10.1. The van der Waals surface area contributed by atoms with Crippen LogP contribution in [0.25, 0.3) is 6.08 Å². The fraction of sp³-hybridized carbons (Fsp3) is 0.176. The number of hydrogen-bond donors (Lipinski definition) is 0. The first-order chi connectivity index (χ1) is 11.2. The first-order valence-corrected chi connectivity index (χ1v) is 6.81. The predicted molar refractivity (Wildman–Crippen MR) is 81.1 cm³/mol. The second kappa shape index (κ2) is 6.74. The van der Waals surface area contributed by atoms with E-state index in [2.05, 4.69) is 0 Å². The molecule has 0 spiro atoms. The van der Waals surface area contributed by atoms with E-state index in [-0.39, 0.29) is 11.3 Å². The Balaban J connectivity index is 2.27. The number of halogens is 3. The van der Waals surface area contributed by atoms with Crippen LogP contribution in [0.4, 0.5) is 13.2 Å². The van der Waals surface area contributed by atoms with Crippen LogP contribution in [0.2, 0.25) is 0 Å². The third kappa shape index (κ3) is 3.92. The van der Waals surface area contributed by atoms with Crippen LogP contribution in [0, 0.1) is 6.92 Å². The van der Waals surface area contributed by atoms with Crippen molar-refractivity contribution in [2.45, 2.75) is 13.1 Å². The number of methoxy groups -OCH3 is 1. The fourth-order valence-corrected chi connectivity index (χ4v) is 2.01. The number of carbonyl (C=O) groups is 1. The van der Waals surface area contributed by atoms with Gasteiger partial charge in [0, 0.05) is 6.07 Å². The first-order valence-electron chi connectivity index (χ1n) is 6.81. The quantitative estimate of drug-likeness (QED) is 0.627. The molecule has 126 valence electrons.